The molecular formula is C15H24N2O4. The summed E-state index contributed by atoms with van der Waals surface area (Å²) in [7, 11) is 0. The van der Waals surface area contributed by atoms with E-state index in [4.69, 9.17) is 4.74 Å². The van der Waals surface area contributed by atoms with E-state index in [2.05, 4.69) is 6.58 Å². The number of hydrogen-bond donors (Lipinski definition) is 0. The van der Waals surface area contributed by atoms with Gasteiger partial charge >= 0.3 is 6.09 Å². The van der Waals surface area contributed by atoms with Gasteiger partial charge in [0, 0.05) is 19.4 Å². The molecule has 118 valence electrons. The zero-order valence-electron chi connectivity index (χ0n) is 13.1. The Labute approximate surface area is 125 Å². The lowest BCUT2D eigenvalue weighted by Crippen LogP contribution is -2.70. The van der Waals surface area contributed by atoms with Gasteiger partial charge in [-0.05, 0) is 27.2 Å². The first-order valence-electron chi connectivity index (χ1n) is 7.39. The van der Waals surface area contributed by atoms with E-state index < -0.39 is 21.9 Å². The maximum atomic E-state index is 13.0. The van der Waals surface area contributed by atoms with E-state index in [1.165, 1.54) is 0 Å². The highest BCUT2D eigenvalue weighted by atomic mass is 16.7. The lowest BCUT2D eigenvalue weighted by atomic mass is 10.1. The van der Waals surface area contributed by atoms with Crippen LogP contribution in [0, 0.1) is 5.21 Å². The SMILES string of the molecule is C=CCCN1CC[N+]([O-])(C(=O)OC(C)(C)C)C2(CC2)C1=O. The fraction of sp³-hybridized carbons (Fsp3) is 0.733. The van der Waals surface area contributed by atoms with Crippen LogP contribution in [0.2, 0.25) is 0 Å². The van der Waals surface area contributed by atoms with E-state index in [9.17, 15) is 14.8 Å². The molecule has 2 amide bonds. The van der Waals surface area contributed by atoms with E-state index in [0.29, 0.717) is 25.8 Å². The van der Waals surface area contributed by atoms with Crippen LogP contribution >= 0.6 is 0 Å². The molecule has 1 aliphatic heterocycles. The lowest BCUT2D eigenvalue weighted by Gasteiger charge is -2.50. The first kappa shape index (κ1) is 16.0. The van der Waals surface area contributed by atoms with Crippen molar-refractivity contribution in [1.82, 2.24) is 4.90 Å². The largest absolute Gasteiger partial charge is 0.622 e. The van der Waals surface area contributed by atoms with Gasteiger partial charge in [0.2, 0.25) is 0 Å². The zero-order chi connectivity index (χ0) is 15.9. The summed E-state index contributed by atoms with van der Waals surface area (Å²) in [6.07, 6.45) is 2.51. The third-order valence-electron chi connectivity index (χ3n) is 4.08. The number of ether oxygens (including phenoxy) is 1. The van der Waals surface area contributed by atoms with E-state index in [-0.39, 0.29) is 19.0 Å². The second-order valence-corrected chi connectivity index (χ2v) is 6.84. The second-order valence-electron chi connectivity index (χ2n) is 6.84. The summed E-state index contributed by atoms with van der Waals surface area (Å²) >= 11 is 0. The van der Waals surface area contributed by atoms with Crippen LogP contribution in [0.4, 0.5) is 4.79 Å². The third-order valence-corrected chi connectivity index (χ3v) is 4.08. The normalized spacial score (nSPS) is 27.6. The molecule has 2 fully saturated rings. The predicted molar refractivity (Wildman–Crippen MR) is 78.1 cm³/mol. The van der Waals surface area contributed by atoms with E-state index >= 15 is 0 Å². The van der Waals surface area contributed by atoms with E-state index in [1.807, 2.05) is 0 Å². The molecule has 1 heterocycles. The number of quaternary nitrogens is 1. The minimum Gasteiger partial charge on any atom is -0.622 e. The molecule has 2 rings (SSSR count). The Hall–Kier alpha value is -1.40. The van der Waals surface area contributed by atoms with Crippen LogP contribution in [0.25, 0.3) is 0 Å². The van der Waals surface area contributed by atoms with E-state index in [0.717, 1.165) is 0 Å². The molecule has 1 aliphatic carbocycles. The molecule has 21 heavy (non-hydrogen) atoms. The van der Waals surface area contributed by atoms with Gasteiger partial charge in [-0.1, -0.05) is 6.08 Å². The molecule has 1 saturated carbocycles. The van der Waals surface area contributed by atoms with Crippen molar-refractivity contribution in [3.8, 4) is 0 Å². The molecule has 0 aromatic carbocycles. The topological polar surface area (TPSA) is 69.7 Å². The van der Waals surface area contributed by atoms with Crippen molar-refractivity contribution in [2.75, 3.05) is 19.6 Å². The van der Waals surface area contributed by atoms with Crippen LogP contribution < -0.4 is 0 Å². The van der Waals surface area contributed by atoms with Gasteiger partial charge in [0.1, 0.15) is 12.1 Å². The first-order valence-corrected chi connectivity index (χ1v) is 7.39. The van der Waals surface area contributed by atoms with Crippen molar-refractivity contribution in [2.45, 2.75) is 51.2 Å². The van der Waals surface area contributed by atoms with Crippen LogP contribution in [-0.4, -0.2) is 52.3 Å². The summed E-state index contributed by atoms with van der Waals surface area (Å²) < 4.78 is 4.10. The molecule has 6 nitrogen and oxygen atoms in total. The summed E-state index contributed by atoms with van der Waals surface area (Å²) in [6.45, 7) is 9.71. The molecule has 0 N–H and O–H groups in total. The number of hydroxylamine groups is 3. The molecule has 0 aromatic heterocycles. The number of carbonyl (C=O) groups is 2. The number of piperazine rings is 1. The predicted octanol–water partition coefficient (Wildman–Crippen LogP) is 2.19. The monoisotopic (exact) mass is 296 g/mol. The lowest BCUT2D eigenvalue weighted by molar-refractivity contribution is -0.840. The van der Waals surface area contributed by atoms with Crippen LogP contribution in [0.3, 0.4) is 0 Å². The summed E-state index contributed by atoms with van der Waals surface area (Å²) in [5.74, 6) is -0.212. The molecule has 0 radical (unpaired) electrons. The number of rotatable bonds is 3. The molecule has 2 aliphatic rings. The van der Waals surface area contributed by atoms with E-state index in [1.54, 1.807) is 31.7 Å². The minimum atomic E-state index is -1.16. The average molecular weight is 296 g/mol. The fourth-order valence-corrected chi connectivity index (χ4v) is 2.78. The van der Waals surface area contributed by atoms with Crippen molar-refractivity contribution in [3.05, 3.63) is 17.9 Å². The van der Waals surface area contributed by atoms with Gasteiger partial charge in [0.05, 0.1) is 6.54 Å². The smallest absolute Gasteiger partial charge is 0.517 e. The highest BCUT2D eigenvalue weighted by Gasteiger charge is 2.69. The summed E-state index contributed by atoms with van der Waals surface area (Å²) in [6, 6.07) is 0. The zero-order valence-corrected chi connectivity index (χ0v) is 13.1. The minimum absolute atomic E-state index is 0.0673. The summed E-state index contributed by atoms with van der Waals surface area (Å²) in [5.41, 5.74) is -1.87. The quantitative estimate of drug-likeness (QED) is 0.455. The Morgan fingerprint density at radius 1 is 1.52 bits per heavy atom. The Balaban J connectivity index is 2.18. The van der Waals surface area contributed by atoms with Gasteiger partial charge in [-0.2, -0.15) is 4.79 Å². The van der Waals surface area contributed by atoms with Crippen molar-refractivity contribution in [1.29, 1.82) is 0 Å². The number of amides is 2. The van der Waals surface area contributed by atoms with Crippen molar-refractivity contribution in [3.63, 3.8) is 0 Å². The van der Waals surface area contributed by atoms with Gasteiger partial charge in [-0.15, -0.1) is 6.58 Å². The molecule has 1 atom stereocenters. The standard InChI is InChI=1S/C15H24N2O4/c1-5-6-9-16-10-11-17(20,13(19)21-14(2,3)4)15(7-8-15)12(16)18/h5H,1,6-11H2,2-4H3. The van der Waals surface area contributed by atoms with Gasteiger partial charge in [0.15, 0.2) is 5.54 Å². The van der Waals surface area contributed by atoms with Crippen molar-refractivity contribution >= 4 is 12.0 Å². The Morgan fingerprint density at radius 2 is 2.14 bits per heavy atom. The third kappa shape index (κ3) is 2.70. The van der Waals surface area contributed by atoms with Gasteiger partial charge < -0.3 is 14.8 Å². The first-order chi connectivity index (χ1) is 9.66. The highest BCUT2D eigenvalue weighted by Crippen LogP contribution is 2.50. The van der Waals surface area contributed by atoms with Crippen LogP contribution in [0.15, 0.2) is 12.7 Å². The average Bonchev–Trinajstić information content (AvgIpc) is 3.16. The molecule has 1 spiro atoms. The number of carbonyl (C=O) groups excluding carboxylic acids is 2. The molecule has 0 bridgehead atoms. The maximum Gasteiger partial charge on any atom is 0.517 e. The molecule has 6 heteroatoms. The van der Waals surface area contributed by atoms with Crippen LogP contribution in [0.5, 0.6) is 0 Å². The van der Waals surface area contributed by atoms with Gasteiger partial charge in [0.25, 0.3) is 5.91 Å². The van der Waals surface area contributed by atoms with Gasteiger partial charge in [-0.3, -0.25) is 4.79 Å². The Bertz CT molecular complexity index is 465. The fourth-order valence-electron chi connectivity index (χ4n) is 2.78. The molecule has 0 aromatic rings. The van der Waals surface area contributed by atoms with Crippen molar-refractivity contribution < 1.29 is 19.0 Å². The highest BCUT2D eigenvalue weighted by molar-refractivity contribution is 5.90. The maximum absolute atomic E-state index is 13.0. The molecule has 1 saturated heterocycles. The second kappa shape index (κ2) is 5.10. The van der Waals surface area contributed by atoms with Crippen LogP contribution in [-0.2, 0) is 9.53 Å². The summed E-state index contributed by atoms with van der Waals surface area (Å²) in [4.78, 5) is 26.6. The summed E-state index contributed by atoms with van der Waals surface area (Å²) in [5, 5.41) is 13.0. The van der Waals surface area contributed by atoms with Crippen molar-refractivity contribution in [2.24, 2.45) is 0 Å². The molecular weight excluding hydrogens is 272 g/mol. The van der Waals surface area contributed by atoms with Crippen LogP contribution in [0.1, 0.15) is 40.0 Å². The molecule has 1 unspecified atom stereocenters. The van der Waals surface area contributed by atoms with Gasteiger partial charge in [-0.25, -0.2) is 4.65 Å². The number of hydrogen-bond acceptors (Lipinski definition) is 4. The Kier molecular flexibility index (Phi) is 3.88. The number of nitrogens with zero attached hydrogens (tertiary/aromatic N) is 2. The Morgan fingerprint density at radius 3 is 2.62 bits per heavy atom.